The molecule has 0 aliphatic carbocycles. The predicted molar refractivity (Wildman–Crippen MR) is 130 cm³/mol. The number of hydrogen-bond acceptors (Lipinski definition) is 8. The first-order valence-corrected chi connectivity index (χ1v) is 11.8. The second kappa shape index (κ2) is 16.7. The molecule has 1 rings (SSSR count). The van der Waals surface area contributed by atoms with Gasteiger partial charge in [0, 0.05) is 52.4 Å². The van der Waals surface area contributed by atoms with E-state index in [9.17, 15) is 58.8 Å². The van der Waals surface area contributed by atoms with Crippen LogP contribution in [-0.4, -0.2) is 167 Å². The molecule has 20 nitrogen and oxygen atoms in total. The lowest BCUT2D eigenvalue weighted by Gasteiger charge is -2.24. The molecule has 0 atom stereocenters. The molecule has 0 saturated carbocycles. The number of carbonyl (C=O) groups is 8. The first-order chi connectivity index (χ1) is 18.8. The van der Waals surface area contributed by atoms with Crippen LogP contribution in [0.4, 0.5) is 19.2 Å². The Balaban J connectivity index is 2.95. The Morgan fingerprint density at radius 3 is 0.750 bits per heavy atom. The summed E-state index contributed by atoms with van der Waals surface area (Å²) in [4.78, 5) is 96.9. The van der Waals surface area contributed by atoms with Gasteiger partial charge in [0.05, 0.1) is 0 Å². The Hall–Kier alpha value is -5.04. The Bertz CT molecular complexity index is 825. The van der Waals surface area contributed by atoms with E-state index in [1.165, 1.54) is 0 Å². The fourth-order valence-electron chi connectivity index (χ4n) is 3.18. The van der Waals surface area contributed by atoms with E-state index in [4.69, 9.17) is 0 Å². The highest BCUT2D eigenvalue weighted by molar-refractivity contribution is 5.84. The number of hydrogen-bond donors (Lipinski definition) is 8. The van der Waals surface area contributed by atoms with Gasteiger partial charge in [0.25, 0.3) is 0 Å². The largest absolute Gasteiger partial charge is 0.465 e. The number of carbonyl (C=O) groups excluding carboxylic acids is 4. The molecule has 0 spiro atoms. The van der Waals surface area contributed by atoms with Crippen LogP contribution in [0.1, 0.15) is 0 Å². The third-order valence-corrected chi connectivity index (χ3v) is 5.24. The van der Waals surface area contributed by atoms with Crippen molar-refractivity contribution in [2.24, 2.45) is 0 Å². The summed E-state index contributed by atoms with van der Waals surface area (Å²) in [5.41, 5.74) is 0. The van der Waals surface area contributed by atoms with Crippen molar-refractivity contribution in [3.05, 3.63) is 0 Å². The second-order valence-electron chi connectivity index (χ2n) is 8.22. The number of rotatable bonds is 0. The zero-order valence-electron chi connectivity index (χ0n) is 21.3. The van der Waals surface area contributed by atoms with Crippen LogP contribution in [0, 0.1) is 0 Å². The van der Waals surface area contributed by atoms with Gasteiger partial charge in [0.1, 0.15) is 26.2 Å². The van der Waals surface area contributed by atoms with Crippen molar-refractivity contribution in [2.45, 2.75) is 0 Å². The van der Waals surface area contributed by atoms with Crippen molar-refractivity contribution in [1.82, 2.24) is 40.9 Å². The highest BCUT2D eigenvalue weighted by Crippen LogP contribution is 1.97. The molecule has 1 aliphatic rings. The van der Waals surface area contributed by atoms with Crippen LogP contribution < -0.4 is 21.3 Å². The summed E-state index contributed by atoms with van der Waals surface area (Å²) in [7, 11) is 0. The van der Waals surface area contributed by atoms with Crippen LogP contribution in [-0.2, 0) is 19.2 Å². The molecule has 1 heterocycles. The lowest BCUT2D eigenvalue weighted by Crippen LogP contribution is -2.49. The molecule has 0 bridgehead atoms. The topological polar surface area (TPSA) is 279 Å². The van der Waals surface area contributed by atoms with Crippen molar-refractivity contribution in [2.75, 3.05) is 78.5 Å². The van der Waals surface area contributed by atoms with E-state index in [1.807, 2.05) is 0 Å². The van der Waals surface area contributed by atoms with Crippen molar-refractivity contribution < 1.29 is 58.8 Å². The van der Waals surface area contributed by atoms with Crippen molar-refractivity contribution >= 4 is 48.0 Å². The maximum Gasteiger partial charge on any atom is 0.407 e. The van der Waals surface area contributed by atoms with Gasteiger partial charge in [-0.05, 0) is 0 Å². The molecule has 8 amide bonds. The zero-order valence-corrected chi connectivity index (χ0v) is 21.3. The normalized spacial score (nSPS) is 18.4. The number of nitrogens with zero attached hydrogens (tertiary/aromatic N) is 4. The average molecular weight is 577 g/mol. The Kier molecular flexibility index (Phi) is 13.8. The van der Waals surface area contributed by atoms with Gasteiger partial charge in [0.2, 0.25) is 23.6 Å². The summed E-state index contributed by atoms with van der Waals surface area (Å²) in [5, 5.41) is 46.7. The van der Waals surface area contributed by atoms with E-state index < -0.39 is 100 Å². The molecule has 1 saturated heterocycles. The summed E-state index contributed by atoms with van der Waals surface area (Å²) in [6, 6.07) is 0. The van der Waals surface area contributed by atoms with Crippen molar-refractivity contribution in [3.8, 4) is 0 Å². The van der Waals surface area contributed by atoms with Crippen LogP contribution in [0.25, 0.3) is 0 Å². The average Bonchev–Trinajstić information content (AvgIpc) is 2.86. The quantitative estimate of drug-likeness (QED) is 0.139. The Morgan fingerprint density at radius 2 is 0.600 bits per heavy atom. The third-order valence-electron chi connectivity index (χ3n) is 5.24. The van der Waals surface area contributed by atoms with Crippen molar-refractivity contribution in [1.29, 1.82) is 0 Å². The van der Waals surface area contributed by atoms with Gasteiger partial charge >= 0.3 is 24.4 Å². The molecule has 20 heteroatoms. The molecule has 0 aromatic heterocycles. The van der Waals surface area contributed by atoms with E-state index in [0.717, 1.165) is 0 Å². The fraction of sp³-hybridized carbons (Fsp3) is 0.600. The van der Waals surface area contributed by atoms with E-state index >= 15 is 0 Å². The number of nitrogens with one attached hydrogen (secondary N) is 4. The number of amides is 8. The minimum Gasteiger partial charge on any atom is -0.465 e. The highest BCUT2D eigenvalue weighted by Gasteiger charge is 2.23. The summed E-state index contributed by atoms with van der Waals surface area (Å²) in [6.07, 6.45) is -6.09. The first-order valence-electron chi connectivity index (χ1n) is 11.8. The SMILES string of the molecule is O=C1CN(C(=O)O)CCN(C(=O)O)CC(=O)NCCNC(=O)CN(C(=O)O)CCN(C(=O)O)CC(=O)NCCN1. The van der Waals surface area contributed by atoms with Crippen molar-refractivity contribution in [3.63, 3.8) is 0 Å². The molecule has 8 N–H and O–H groups in total. The van der Waals surface area contributed by atoms with Gasteiger partial charge in [0.15, 0.2) is 0 Å². The van der Waals surface area contributed by atoms with Crippen LogP contribution in [0.5, 0.6) is 0 Å². The standard InChI is InChI=1S/C20H32N8O12/c29-13-9-25(17(33)34)5-6-27(19(37)38)11-15(31)23-3-4-24-16(32)12-28(20(39)40)8-7-26(18(35)36)10-14(30)22-2-1-21-13/h1-12H2,(H,21,29)(H,22,30)(H,23,31)(H,24,32)(H,33,34)(H,35,36)(H,37,38)(H,39,40). The molecule has 0 aromatic carbocycles. The van der Waals surface area contributed by atoms with Gasteiger partial charge in [-0.2, -0.15) is 0 Å². The zero-order chi connectivity index (χ0) is 30.2. The van der Waals surface area contributed by atoms with E-state index in [2.05, 4.69) is 21.3 Å². The first kappa shape index (κ1) is 33.0. The highest BCUT2D eigenvalue weighted by atomic mass is 16.4. The van der Waals surface area contributed by atoms with Crippen LogP contribution in [0.2, 0.25) is 0 Å². The molecule has 0 unspecified atom stereocenters. The third kappa shape index (κ3) is 13.0. The van der Waals surface area contributed by atoms with Gasteiger partial charge in [-0.15, -0.1) is 0 Å². The summed E-state index contributed by atoms with van der Waals surface area (Å²) < 4.78 is 0. The molecule has 224 valence electrons. The monoisotopic (exact) mass is 576 g/mol. The van der Waals surface area contributed by atoms with Crippen LogP contribution in [0.3, 0.4) is 0 Å². The van der Waals surface area contributed by atoms with Gasteiger partial charge < -0.3 is 41.7 Å². The summed E-state index contributed by atoms with van der Waals surface area (Å²) in [6.45, 7) is -5.09. The summed E-state index contributed by atoms with van der Waals surface area (Å²) in [5.74, 6) is -3.08. The molecule has 0 radical (unpaired) electrons. The number of carboxylic acid groups (broad SMARTS) is 4. The predicted octanol–water partition coefficient (Wildman–Crippen LogP) is -3.62. The van der Waals surface area contributed by atoms with Crippen LogP contribution >= 0.6 is 0 Å². The Labute approximate surface area is 226 Å². The van der Waals surface area contributed by atoms with Gasteiger partial charge in [-0.1, -0.05) is 0 Å². The maximum absolute atomic E-state index is 12.1. The van der Waals surface area contributed by atoms with E-state index in [-0.39, 0.29) is 26.2 Å². The van der Waals surface area contributed by atoms with E-state index in [1.54, 1.807) is 0 Å². The molecule has 0 aromatic rings. The minimum absolute atomic E-state index is 0.158. The molecule has 40 heavy (non-hydrogen) atoms. The molecular formula is C20H32N8O12. The van der Waals surface area contributed by atoms with Crippen LogP contribution in [0.15, 0.2) is 0 Å². The molecular weight excluding hydrogens is 544 g/mol. The van der Waals surface area contributed by atoms with E-state index in [0.29, 0.717) is 19.6 Å². The fourth-order valence-corrected chi connectivity index (χ4v) is 3.18. The lowest BCUT2D eigenvalue weighted by atomic mass is 10.4. The maximum atomic E-state index is 12.1. The second-order valence-corrected chi connectivity index (χ2v) is 8.22. The molecule has 1 aliphatic heterocycles. The molecule has 1 fully saturated rings. The lowest BCUT2D eigenvalue weighted by molar-refractivity contribution is -0.124. The summed E-state index contributed by atoms with van der Waals surface area (Å²) >= 11 is 0. The minimum atomic E-state index is -1.52. The van der Waals surface area contributed by atoms with Gasteiger partial charge in [-0.3, -0.25) is 38.8 Å². The smallest absolute Gasteiger partial charge is 0.407 e. The Morgan fingerprint density at radius 1 is 0.425 bits per heavy atom. The van der Waals surface area contributed by atoms with Gasteiger partial charge in [-0.25, -0.2) is 19.2 Å².